The zero-order chi connectivity index (χ0) is 24.9. The van der Waals surface area contributed by atoms with Crippen molar-refractivity contribution in [3.05, 3.63) is 41.5 Å². The minimum absolute atomic E-state index is 0.0242. The van der Waals surface area contributed by atoms with Gasteiger partial charge in [-0.15, -0.1) is 0 Å². The Kier molecular flexibility index (Phi) is 6.06. The maximum Gasteiger partial charge on any atom is 0.276 e. The van der Waals surface area contributed by atoms with Gasteiger partial charge in [0.25, 0.3) is 11.8 Å². The molecule has 0 aliphatic carbocycles. The first-order valence-electron chi connectivity index (χ1n) is 11.5. The van der Waals surface area contributed by atoms with Gasteiger partial charge >= 0.3 is 0 Å². The number of rotatable bonds is 3. The predicted octanol–water partition coefficient (Wildman–Crippen LogP) is 1.40. The Labute approximate surface area is 202 Å². The highest BCUT2D eigenvalue weighted by molar-refractivity contribution is 7.89. The number of anilines is 1. The Bertz CT molecular complexity index is 1290. The molecule has 3 aliphatic rings. The number of halogens is 1. The lowest BCUT2D eigenvalue weighted by Gasteiger charge is -2.23. The molecule has 188 valence electrons. The van der Waals surface area contributed by atoms with E-state index in [9.17, 15) is 22.4 Å². The van der Waals surface area contributed by atoms with Crippen molar-refractivity contribution < 1.29 is 31.9 Å². The van der Waals surface area contributed by atoms with Crippen LogP contribution < -0.4 is 14.8 Å². The molecule has 2 saturated heterocycles. The third kappa shape index (κ3) is 4.41. The molecular formula is C23H27FN4O6S. The fourth-order valence-electron chi connectivity index (χ4n) is 4.87. The molecular weight excluding hydrogens is 479 g/mol. The number of nitrogens with zero attached hydrogens (tertiary/aromatic N) is 2. The molecule has 2 N–H and O–H groups in total. The smallest absolute Gasteiger partial charge is 0.276 e. The second kappa shape index (κ2) is 8.92. The van der Waals surface area contributed by atoms with Gasteiger partial charge in [0.05, 0.1) is 6.61 Å². The van der Waals surface area contributed by atoms with Crippen LogP contribution in [0.4, 0.5) is 10.1 Å². The number of ether oxygens (including phenoxy) is 2. The van der Waals surface area contributed by atoms with E-state index < -0.39 is 33.9 Å². The number of amides is 2. The van der Waals surface area contributed by atoms with Crippen LogP contribution in [0.25, 0.3) is 0 Å². The van der Waals surface area contributed by atoms with Crippen molar-refractivity contribution in [2.24, 2.45) is 13.0 Å². The predicted molar refractivity (Wildman–Crippen MR) is 123 cm³/mol. The Morgan fingerprint density at radius 1 is 1.26 bits per heavy atom. The van der Waals surface area contributed by atoms with Gasteiger partial charge in [-0.2, -0.15) is 0 Å². The van der Waals surface area contributed by atoms with Crippen LogP contribution in [0.1, 0.15) is 28.9 Å². The van der Waals surface area contributed by atoms with Gasteiger partial charge in [-0.1, -0.05) is 0 Å². The second-order valence-electron chi connectivity index (χ2n) is 9.24. The van der Waals surface area contributed by atoms with Crippen LogP contribution in [-0.2, 0) is 26.6 Å². The van der Waals surface area contributed by atoms with Crippen LogP contribution >= 0.6 is 0 Å². The van der Waals surface area contributed by atoms with Crippen molar-refractivity contribution in [3.63, 3.8) is 0 Å². The van der Waals surface area contributed by atoms with Crippen LogP contribution in [0.3, 0.4) is 0 Å². The molecule has 0 spiro atoms. The topological polar surface area (TPSA) is 119 Å². The summed E-state index contributed by atoms with van der Waals surface area (Å²) in [7, 11) is -2.49. The fraction of sp³-hybridized carbons (Fsp3) is 0.478. The van der Waals surface area contributed by atoms with Crippen molar-refractivity contribution in [1.29, 1.82) is 0 Å². The Morgan fingerprint density at radius 3 is 2.77 bits per heavy atom. The summed E-state index contributed by atoms with van der Waals surface area (Å²) >= 11 is 0. The normalized spacial score (nSPS) is 25.2. The number of likely N-dealkylation sites (tertiary alicyclic amines) is 1. The minimum Gasteiger partial charge on any atom is -0.489 e. The van der Waals surface area contributed by atoms with Gasteiger partial charge in [-0.25, -0.2) is 17.5 Å². The van der Waals surface area contributed by atoms with Crippen molar-refractivity contribution in [1.82, 2.24) is 14.2 Å². The first-order valence-corrected chi connectivity index (χ1v) is 12.9. The molecule has 12 heteroatoms. The number of aromatic nitrogens is 1. The second-order valence-corrected chi connectivity index (χ2v) is 10.9. The maximum atomic E-state index is 13.6. The van der Waals surface area contributed by atoms with Gasteiger partial charge in [0, 0.05) is 50.6 Å². The summed E-state index contributed by atoms with van der Waals surface area (Å²) in [6, 6.07) is 3.64. The molecule has 10 nitrogen and oxygen atoms in total. The van der Waals surface area contributed by atoms with E-state index in [0.29, 0.717) is 30.8 Å². The van der Waals surface area contributed by atoms with E-state index in [-0.39, 0.29) is 41.3 Å². The Balaban J connectivity index is 1.39. The molecule has 2 fully saturated rings. The number of carbonyl (C=O) groups excluding carboxylic acids is 2. The molecule has 5 rings (SSSR count). The summed E-state index contributed by atoms with van der Waals surface area (Å²) < 4.78 is 55.6. The molecule has 1 aromatic heterocycles. The molecule has 2 aromatic rings. The number of sulfonamides is 1. The number of carbonyl (C=O) groups is 2. The minimum atomic E-state index is -4.04. The first-order chi connectivity index (χ1) is 16.6. The molecule has 0 radical (unpaired) electrons. The van der Waals surface area contributed by atoms with Gasteiger partial charge in [0.1, 0.15) is 16.8 Å². The summed E-state index contributed by atoms with van der Waals surface area (Å²) in [6.07, 6.45) is 2.32. The third-order valence-electron chi connectivity index (χ3n) is 6.73. The highest BCUT2D eigenvalue weighted by Gasteiger charge is 2.43. The van der Waals surface area contributed by atoms with Crippen LogP contribution in [0.15, 0.2) is 29.3 Å². The molecule has 0 bridgehead atoms. The number of fused-ring (bicyclic) bond motifs is 2. The van der Waals surface area contributed by atoms with Crippen molar-refractivity contribution >= 4 is 27.5 Å². The lowest BCUT2D eigenvalue weighted by molar-refractivity contribution is -0.140. The molecule has 3 atom stereocenters. The summed E-state index contributed by atoms with van der Waals surface area (Å²) in [5.41, 5.74) is 0.758. The number of nitrogens with one attached hydrogen (secondary N) is 2. The lowest BCUT2D eigenvalue weighted by atomic mass is 10.1. The van der Waals surface area contributed by atoms with E-state index in [0.717, 1.165) is 6.42 Å². The van der Waals surface area contributed by atoms with Crippen LogP contribution in [0.5, 0.6) is 5.75 Å². The SMILES string of the molecule is Cc1cc(NC(=O)c2c3c(cn2C)S(=O)(=O)N[C@H]2CN(C(=O)[C@@H]4CCCO4)C[C@H]2CO3)ccc1F. The Morgan fingerprint density at radius 2 is 2.06 bits per heavy atom. The van der Waals surface area contributed by atoms with E-state index in [1.807, 2.05) is 0 Å². The van der Waals surface area contributed by atoms with Gasteiger partial charge in [-0.05, 0) is 43.5 Å². The van der Waals surface area contributed by atoms with E-state index in [2.05, 4.69) is 10.0 Å². The quantitative estimate of drug-likeness (QED) is 0.650. The zero-order valence-corrected chi connectivity index (χ0v) is 20.2. The molecule has 1 aromatic carbocycles. The highest BCUT2D eigenvalue weighted by Crippen LogP contribution is 2.35. The molecule has 4 heterocycles. The molecule has 35 heavy (non-hydrogen) atoms. The average Bonchev–Trinajstić information content (AvgIpc) is 3.53. The number of benzene rings is 1. The summed E-state index contributed by atoms with van der Waals surface area (Å²) in [5, 5.41) is 2.68. The average molecular weight is 507 g/mol. The lowest BCUT2D eigenvalue weighted by Crippen LogP contribution is -2.44. The third-order valence-corrected chi connectivity index (χ3v) is 8.21. The van der Waals surface area contributed by atoms with Gasteiger partial charge < -0.3 is 24.3 Å². The number of hydrogen-bond donors (Lipinski definition) is 2. The molecule has 0 unspecified atom stereocenters. The number of hydrogen-bond acceptors (Lipinski definition) is 6. The summed E-state index contributed by atoms with van der Waals surface area (Å²) in [4.78, 5) is 27.4. The fourth-order valence-corrected chi connectivity index (χ4v) is 6.35. The maximum absolute atomic E-state index is 13.6. The number of aryl methyl sites for hydroxylation is 2. The van der Waals surface area contributed by atoms with Crippen molar-refractivity contribution in [2.75, 3.05) is 31.6 Å². The van der Waals surface area contributed by atoms with Crippen molar-refractivity contribution in [2.45, 2.75) is 36.8 Å². The highest BCUT2D eigenvalue weighted by atomic mass is 32.2. The summed E-state index contributed by atoms with van der Waals surface area (Å²) in [6.45, 7) is 2.80. The van der Waals surface area contributed by atoms with E-state index in [4.69, 9.17) is 9.47 Å². The van der Waals surface area contributed by atoms with Crippen LogP contribution in [0, 0.1) is 18.7 Å². The van der Waals surface area contributed by atoms with Gasteiger partial charge in [0.15, 0.2) is 11.4 Å². The summed E-state index contributed by atoms with van der Waals surface area (Å²) in [5.74, 6) is -1.47. The van der Waals surface area contributed by atoms with Crippen molar-refractivity contribution in [3.8, 4) is 5.75 Å². The van der Waals surface area contributed by atoms with E-state index in [1.165, 1.54) is 29.0 Å². The molecule has 2 amide bonds. The Hall–Kier alpha value is -2.96. The van der Waals surface area contributed by atoms with Gasteiger partial charge in [-0.3, -0.25) is 9.59 Å². The first kappa shape index (κ1) is 23.8. The largest absolute Gasteiger partial charge is 0.489 e. The van der Waals surface area contributed by atoms with Crippen LogP contribution in [0.2, 0.25) is 0 Å². The monoisotopic (exact) mass is 506 g/mol. The standard InChI is InChI=1S/C23H27FN4O6S/c1-13-8-15(5-6-16(13)24)25-22(29)20-21-19(11-27(20)2)35(31,32)26-17-10-28(9-14(17)12-34-21)23(30)18-4-3-7-33-18/h5-6,8,11,14,17-18,26H,3-4,7,9-10,12H2,1-2H3,(H,25,29)/t14-,17-,18-/m0/s1. The molecule has 3 aliphatic heterocycles. The molecule has 0 saturated carbocycles. The van der Waals surface area contributed by atoms with Gasteiger partial charge in [0.2, 0.25) is 10.0 Å². The van der Waals surface area contributed by atoms with Crippen LogP contribution in [-0.4, -0.2) is 68.1 Å². The zero-order valence-electron chi connectivity index (χ0n) is 19.4. The van der Waals surface area contributed by atoms with E-state index >= 15 is 0 Å². The van der Waals surface area contributed by atoms with E-state index in [1.54, 1.807) is 18.9 Å².